The molecule has 16 heavy (non-hydrogen) atoms. The van der Waals surface area contributed by atoms with Crippen LogP contribution in [0.15, 0.2) is 24.8 Å². The second-order valence-corrected chi connectivity index (χ2v) is 3.26. The molecule has 0 aliphatic rings. The summed E-state index contributed by atoms with van der Waals surface area (Å²) in [5.74, 6) is -0.0233. The summed E-state index contributed by atoms with van der Waals surface area (Å²) in [6.45, 7) is 4.58. The summed E-state index contributed by atoms with van der Waals surface area (Å²) in [5.41, 5.74) is 0.195. The van der Waals surface area contributed by atoms with Gasteiger partial charge in [-0.25, -0.2) is 0 Å². The summed E-state index contributed by atoms with van der Waals surface area (Å²) in [6, 6.07) is 3.07. The molecule has 0 radical (unpaired) electrons. The molecule has 1 rings (SSSR count). The van der Waals surface area contributed by atoms with E-state index in [1.54, 1.807) is 6.92 Å². The Morgan fingerprint density at radius 3 is 2.50 bits per heavy atom. The normalized spacial score (nSPS) is 11.3. The van der Waals surface area contributed by atoms with Crippen molar-refractivity contribution in [3.05, 3.63) is 35.9 Å². The van der Waals surface area contributed by atoms with Crippen molar-refractivity contribution < 1.29 is 23.0 Å². The topological polar surface area (TPSA) is 29.5 Å². The third-order valence-electron chi connectivity index (χ3n) is 1.99. The van der Waals surface area contributed by atoms with Gasteiger partial charge in [0.25, 0.3) is 0 Å². The third kappa shape index (κ3) is 2.76. The average molecular weight is 232 g/mol. The second-order valence-electron chi connectivity index (χ2n) is 3.26. The van der Waals surface area contributed by atoms with Crippen molar-refractivity contribution in [1.82, 2.24) is 0 Å². The standard InChI is InChI=1S/C11H11F3O2/c1-7(2)9-4-3-8(11(12,13)14)5-10(9)16-6-15/h3-5,15H,1,6H2,2H3. The zero-order chi connectivity index (χ0) is 12.3. The predicted octanol–water partition coefficient (Wildman–Crippen LogP) is 3.07. The quantitative estimate of drug-likeness (QED) is 0.811. The van der Waals surface area contributed by atoms with Gasteiger partial charge in [-0.1, -0.05) is 12.6 Å². The molecular weight excluding hydrogens is 221 g/mol. The van der Waals surface area contributed by atoms with Crippen molar-refractivity contribution in [2.75, 3.05) is 6.79 Å². The summed E-state index contributed by atoms with van der Waals surface area (Å²) in [5, 5.41) is 8.59. The first-order valence-corrected chi connectivity index (χ1v) is 4.47. The Hall–Kier alpha value is -1.49. The van der Waals surface area contributed by atoms with Gasteiger partial charge in [-0.2, -0.15) is 13.2 Å². The van der Waals surface area contributed by atoms with E-state index in [4.69, 9.17) is 9.84 Å². The molecule has 1 N–H and O–H groups in total. The highest BCUT2D eigenvalue weighted by Crippen LogP contribution is 2.34. The fourth-order valence-electron chi connectivity index (χ4n) is 1.24. The largest absolute Gasteiger partial charge is 0.467 e. The van der Waals surface area contributed by atoms with E-state index in [9.17, 15) is 13.2 Å². The molecule has 0 saturated heterocycles. The molecule has 1 aromatic rings. The Morgan fingerprint density at radius 1 is 1.44 bits per heavy atom. The maximum absolute atomic E-state index is 12.4. The van der Waals surface area contributed by atoms with Crippen molar-refractivity contribution in [2.24, 2.45) is 0 Å². The maximum Gasteiger partial charge on any atom is 0.416 e. The molecular formula is C11H11F3O2. The number of benzene rings is 1. The molecule has 1 aromatic carbocycles. The lowest BCUT2D eigenvalue weighted by molar-refractivity contribution is -0.137. The molecule has 0 aliphatic heterocycles. The molecule has 0 aromatic heterocycles. The highest BCUT2D eigenvalue weighted by Gasteiger charge is 2.31. The highest BCUT2D eigenvalue weighted by molar-refractivity contribution is 5.67. The van der Waals surface area contributed by atoms with Crippen molar-refractivity contribution in [3.63, 3.8) is 0 Å². The van der Waals surface area contributed by atoms with Crippen LogP contribution >= 0.6 is 0 Å². The van der Waals surface area contributed by atoms with Crippen LogP contribution in [0.1, 0.15) is 18.1 Å². The summed E-state index contributed by atoms with van der Waals surface area (Å²) >= 11 is 0. The van der Waals surface area contributed by atoms with Gasteiger partial charge in [0.1, 0.15) is 5.75 Å². The van der Waals surface area contributed by atoms with Crippen LogP contribution in [0.4, 0.5) is 13.2 Å². The van der Waals surface area contributed by atoms with Gasteiger partial charge in [0.05, 0.1) is 5.56 Å². The van der Waals surface area contributed by atoms with Gasteiger partial charge in [0, 0.05) is 5.56 Å². The van der Waals surface area contributed by atoms with Gasteiger partial charge in [0.2, 0.25) is 0 Å². The lowest BCUT2D eigenvalue weighted by Crippen LogP contribution is -2.06. The van der Waals surface area contributed by atoms with Crippen LogP contribution in [0.3, 0.4) is 0 Å². The van der Waals surface area contributed by atoms with Crippen molar-refractivity contribution >= 4 is 5.57 Å². The summed E-state index contributed by atoms with van der Waals surface area (Å²) in [7, 11) is 0. The van der Waals surface area contributed by atoms with Crippen LogP contribution in [0.25, 0.3) is 5.57 Å². The molecule has 0 spiro atoms. The van der Waals surface area contributed by atoms with E-state index in [1.165, 1.54) is 6.07 Å². The predicted molar refractivity (Wildman–Crippen MR) is 53.9 cm³/mol. The minimum absolute atomic E-state index is 0.0233. The molecule has 0 amide bonds. The van der Waals surface area contributed by atoms with Gasteiger partial charge >= 0.3 is 6.18 Å². The smallest absolute Gasteiger partial charge is 0.416 e. The lowest BCUT2D eigenvalue weighted by Gasteiger charge is -2.13. The van der Waals surface area contributed by atoms with E-state index in [0.717, 1.165) is 12.1 Å². The number of ether oxygens (including phenoxy) is 1. The maximum atomic E-state index is 12.4. The van der Waals surface area contributed by atoms with E-state index in [0.29, 0.717) is 11.1 Å². The van der Waals surface area contributed by atoms with Crippen LogP contribution in [0, 0.1) is 0 Å². The molecule has 0 bridgehead atoms. The molecule has 0 unspecified atom stereocenters. The van der Waals surface area contributed by atoms with E-state index in [2.05, 4.69) is 6.58 Å². The average Bonchev–Trinajstić information content (AvgIpc) is 2.16. The molecule has 2 nitrogen and oxygen atoms in total. The fraction of sp³-hybridized carbons (Fsp3) is 0.273. The van der Waals surface area contributed by atoms with E-state index in [-0.39, 0.29) is 5.75 Å². The van der Waals surface area contributed by atoms with Crippen LogP contribution in [0.5, 0.6) is 5.75 Å². The van der Waals surface area contributed by atoms with E-state index < -0.39 is 18.5 Å². The van der Waals surface area contributed by atoms with Crippen LogP contribution in [-0.2, 0) is 6.18 Å². The Morgan fingerprint density at radius 2 is 2.06 bits per heavy atom. The Kier molecular flexibility index (Phi) is 3.59. The number of hydrogen-bond donors (Lipinski definition) is 1. The summed E-state index contributed by atoms with van der Waals surface area (Å²) < 4.78 is 41.9. The van der Waals surface area contributed by atoms with Gasteiger partial charge in [-0.15, -0.1) is 0 Å². The molecule has 0 fully saturated rings. The monoisotopic (exact) mass is 232 g/mol. The van der Waals surface area contributed by atoms with Crippen LogP contribution < -0.4 is 4.74 Å². The molecule has 0 saturated carbocycles. The molecule has 0 heterocycles. The first-order chi connectivity index (χ1) is 7.36. The number of rotatable bonds is 3. The zero-order valence-corrected chi connectivity index (χ0v) is 8.64. The lowest BCUT2D eigenvalue weighted by atomic mass is 10.0. The molecule has 5 heteroatoms. The SMILES string of the molecule is C=C(C)c1ccc(C(F)(F)F)cc1OCO. The van der Waals surface area contributed by atoms with Gasteiger partial charge in [-0.05, 0) is 24.6 Å². The number of alkyl halides is 3. The summed E-state index contributed by atoms with van der Waals surface area (Å²) in [6.07, 6.45) is -4.43. The number of aliphatic hydroxyl groups excluding tert-OH is 1. The number of halogens is 3. The van der Waals surface area contributed by atoms with Gasteiger partial charge in [0.15, 0.2) is 6.79 Å². The summed E-state index contributed by atoms with van der Waals surface area (Å²) in [4.78, 5) is 0. The van der Waals surface area contributed by atoms with Crippen LogP contribution in [-0.4, -0.2) is 11.9 Å². The number of allylic oxidation sites excluding steroid dienone is 1. The minimum Gasteiger partial charge on any atom is -0.467 e. The van der Waals surface area contributed by atoms with Crippen molar-refractivity contribution in [3.8, 4) is 5.75 Å². The minimum atomic E-state index is -4.43. The highest BCUT2D eigenvalue weighted by atomic mass is 19.4. The molecule has 0 aliphatic carbocycles. The Labute approximate surface area is 91.0 Å². The Balaban J connectivity index is 3.22. The molecule has 0 atom stereocenters. The number of aliphatic hydroxyl groups is 1. The molecule has 88 valence electrons. The first-order valence-electron chi connectivity index (χ1n) is 4.47. The number of hydrogen-bond acceptors (Lipinski definition) is 2. The van der Waals surface area contributed by atoms with Crippen molar-refractivity contribution in [2.45, 2.75) is 13.1 Å². The van der Waals surface area contributed by atoms with Gasteiger partial charge in [-0.3, -0.25) is 0 Å². The van der Waals surface area contributed by atoms with Crippen LogP contribution in [0.2, 0.25) is 0 Å². The fourth-order valence-corrected chi connectivity index (χ4v) is 1.24. The van der Waals surface area contributed by atoms with E-state index >= 15 is 0 Å². The zero-order valence-electron chi connectivity index (χ0n) is 8.64. The Bertz CT molecular complexity index is 397. The third-order valence-corrected chi connectivity index (χ3v) is 1.99. The van der Waals surface area contributed by atoms with Crippen molar-refractivity contribution in [1.29, 1.82) is 0 Å². The second kappa shape index (κ2) is 4.57. The van der Waals surface area contributed by atoms with Gasteiger partial charge < -0.3 is 9.84 Å². The van der Waals surface area contributed by atoms with E-state index in [1.807, 2.05) is 0 Å². The first kappa shape index (κ1) is 12.6.